The molecular weight excluding hydrogens is 276 g/mol. The van der Waals surface area contributed by atoms with E-state index in [0.717, 1.165) is 30.2 Å². The fourth-order valence-electron chi connectivity index (χ4n) is 3.91. The molecule has 3 heterocycles. The molecule has 1 unspecified atom stereocenters. The van der Waals surface area contributed by atoms with E-state index in [4.69, 9.17) is 4.74 Å². The minimum absolute atomic E-state index is 0.0195. The quantitative estimate of drug-likeness (QED) is 0.911. The first-order valence-corrected chi connectivity index (χ1v) is 8.16. The van der Waals surface area contributed by atoms with Gasteiger partial charge in [-0.2, -0.15) is 0 Å². The molecule has 2 bridgehead atoms. The number of ether oxygens (including phenoxy) is 1. The second-order valence-corrected chi connectivity index (χ2v) is 6.73. The zero-order valence-electron chi connectivity index (χ0n) is 13.0. The first kappa shape index (κ1) is 13.8. The topological polar surface area (TPSA) is 41.6 Å². The fourth-order valence-corrected chi connectivity index (χ4v) is 3.91. The molecular formula is C18H22N2O2. The van der Waals surface area contributed by atoms with Crippen molar-refractivity contribution in [2.24, 2.45) is 5.92 Å². The van der Waals surface area contributed by atoms with Gasteiger partial charge in [-0.25, -0.2) is 0 Å². The van der Waals surface area contributed by atoms with E-state index in [-0.39, 0.29) is 11.9 Å². The number of carbonyl (C=O) groups excluding carboxylic acids is 1. The summed E-state index contributed by atoms with van der Waals surface area (Å²) in [4.78, 5) is 15.0. The predicted octanol–water partition coefficient (Wildman–Crippen LogP) is 2.31. The number of rotatable bonds is 2. The molecule has 0 radical (unpaired) electrons. The van der Waals surface area contributed by atoms with Gasteiger partial charge in [-0.3, -0.25) is 4.79 Å². The molecule has 0 spiro atoms. The van der Waals surface area contributed by atoms with Crippen molar-refractivity contribution in [2.45, 2.75) is 25.8 Å². The number of hydrogen-bond donors (Lipinski definition) is 1. The third-order valence-corrected chi connectivity index (χ3v) is 5.10. The molecule has 0 aromatic heterocycles. The van der Waals surface area contributed by atoms with E-state index in [2.05, 4.69) is 23.2 Å². The second kappa shape index (κ2) is 5.43. The monoisotopic (exact) mass is 298 g/mol. The molecule has 116 valence electrons. The van der Waals surface area contributed by atoms with Crippen molar-refractivity contribution >= 4 is 11.5 Å². The summed E-state index contributed by atoms with van der Waals surface area (Å²) < 4.78 is 5.65. The number of hydrogen-bond acceptors (Lipinski definition) is 3. The highest BCUT2D eigenvalue weighted by Crippen LogP contribution is 2.31. The van der Waals surface area contributed by atoms with Gasteiger partial charge in [0, 0.05) is 30.3 Å². The van der Waals surface area contributed by atoms with Gasteiger partial charge in [0.25, 0.3) is 5.91 Å². The lowest BCUT2D eigenvalue weighted by molar-refractivity contribution is 0.0909. The molecule has 1 aromatic rings. The number of fused-ring (bicyclic) bond motifs is 3. The first-order valence-electron chi connectivity index (χ1n) is 8.16. The van der Waals surface area contributed by atoms with Crippen LogP contribution in [0.15, 0.2) is 24.3 Å². The van der Waals surface area contributed by atoms with Crippen LogP contribution in [0.1, 0.15) is 35.7 Å². The summed E-state index contributed by atoms with van der Waals surface area (Å²) in [6.45, 7) is 6.06. The van der Waals surface area contributed by atoms with Crippen molar-refractivity contribution in [3.8, 4) is 5.75 Å². The lowest BCUT2D eigenvalue weighted by Gasteiger charge is -2.30. The van der Waals surface area contributed by atoms with Gasteiger partial charge in [0.05, 0.1) is 0 Å². The molecule has 3 aliphatic heterocycles. The zero-order valence-corrected chi connectivity index (χ0v) is 13.0. The predicted molar refractivity (Wildman–Crippen MR) is 86.0 cm³/mol. The number of piperidine rings is 1. The van der Waals surface area contributed by atoms with E-state index in [9.17, 15) is 4.79 Å². The maximum absolute atomic E-state index is 12.5. The normalized spacial score (nSPS) is 29.3. The molecule has 4 heteroatoms. The SMILES string of the molecule is CC1=CCOc2cc(C(=O)N[C@@H]3C[C@@H]4CCN(C4)C3)ccc21. The van der Waals surface area contributed by atoms with Crippen LogP contribution in [0.2, 0.25) is 0 Å². The number of allylic oxidation sites excluding steroid dienone is 1. The molecule has 3 aliphatic rings. The minimum atomic E-state index is 0.0195. The smallest absolute Gasteiger partial charge is 0.251 e. The zero-order chi connectivity index (χ0) is 15.1. The number of nitrogens with zero attached hydrogens (tertiary/aromatic N) is 1. The van der Waals surface area contributed by atoms with Crippen LogP contribution >= 0.6 is 0 Å². The van der Waals surface area contributed by atoms with Gasteiger partial charge in [-0.05, 0) is 56.0 Å². The van der Waals surface area contributed by atoms with Gasteiger partial charge in [-0.1, -0.05) is 6.07 Å². The molecule has 0 saturated carbocycles. The van der Waals surface area contributed by atoms with Crippen LogP contribution in [0.4, 0.5) is 0 Å². The third-order valence-electron chi connectivity index (χ3n) is 5.10. The summed E-state index contributed by atoms with van der Waals surface area (Å²) >= 11 is 0. The molecule has 0 aliphatic carbocycles. The van der Waals surface area contributed by atoms with Crippen molar-refractivity contribution in [3.05, 3.63) is 35.4 Å². The van der Waals surface area contributed by atoms with Crippen molar-refractivity contribution in [2.75, 3.05) is 26.2 Å². The highest BCUT2D eigenvalue weighted by molar-refractivity contribution is 5.95. The Kier molecular flexibility index (Phi) is 3.41. The molecule has 1 N–H and O–H groups in total. The van der Waals surface area contributed by atoms with Crippen molar-refractivity contribution in [1.29, 1.82) is 0 Å². The lowest BCUT2D eigenvalue weighted by atomic mass is 9.96. The van der Waals surface area contributed by atoms with E-state index in [0.29, 0.717) is 12.2 Å². The number of carbonyl (C=O) groups is 1. The Hall–Kier alpha value is -1.81. The highest BCUT2D eigenvalue weighted by Gasteiger charge is 2.33. The first-order chi connectivity index (χ1) is 10.7. The Balaban J connectivity index is 1.48. The summed E-state index contributed by atoms with van der Waals surface area (Å²) in [5, 5.41) is 3.20. The summed E-state index contributed by atoms with van der Waals surface area (Å²) in [5.41, 5.74) is 3.00. The summed E-state index contributed by atoms with van der Waals surface area (Å²) in [6, 6.07) is 6.05. The van der Waals surface area contributed by atoms with Crippen LogP contribution in [-0.2, 0) is 0 Å². The number of nitrogens with one attached hydrogen (secondary N) is 1. The van der Waals surface area contributed by atoms with Crippen molar-refractivity contribution < 1.29 is 9.53 Å². The lowest BCUT2D eigenvalue weighted by Crippen LogP contribution is -2.47. The maximum Gasteiger partial charge on any atom is 0.251 e. The van der Waals surface area contributed by atoms with Gasteiger partial charge >= 0.3 is 0 Å². The van der Waals surface area contributed by atoms with E-state index in [1.165, 1.54) is 25.1 Å². The van der Waals surface area contributed by atoms with Crippen molar-refractivity contribution in [1.82, 2.24) is 10.2 Å². The average molecular weight is 298 g/mol. The number of amides is 1. The molecule has 4 rings (SSSR count). The van der Waals surface area contributed by atoms with E-state index in [1.54, 1.807) is 0 Å². The Morgan fingerprint density at radius 2 is 2.27 bits per heavy atom. The number of benzene rings is 1. The van der Waals surface area contributed by atoms with Crippen molar-refractivity contribution in [3.63, 3.8) is 0 Å². The second-order valence-electron chi connectivity index (χ2n) is 6.73. The van der Waals surface area contributed by atoms with Crippen LogP contribution in [0.5, 0.6) is 5.75 Å². The van der Waals surface area contributed by atoms with Crippen LogP contribution in [0.3, 0.4) is 0 Å². The molecule has 3 atom stereocenters. The summed E-state index contributed by atoms with van der Waals surface area (Å²) in [6.07, 6.45) is 4.46. The Morgan fingerprint density at radius 1 is 1.36 bits per heavy atom. The Bertz CT molecular complexity index is 626. The maximum atomic E-state index is 12.5. The van der Waals surface area contributed by atoms with Gasteiger partial charge in [0.1, 0.15) is 12.4 Å². The van der Waals surface area contributed by atoms with Crippen LogP contribution < -0.4 is 10.1 Å². The van der Waals surface area contributed by atoms with Crippen LogP contribution in [0, 0.1) is 5.92 Å². The Labute approximate surface area is 131 Å². The van der Waals surface area contributed by atoms with E-state index < -0.39 is 0 Å². The largest absolute Gasteiger partial charge is 0.489 e. The summed E-state index contributed by atoms with van der Waals surface area (Å²) in [7, 11) is 0. The molecule has 4 nitrogen and oxygen atoms in total. The van der Waals surface area contributed by atoms with Crippen LogP contribution in [0.25, 0.3) is 5.57 Å². The molecule has 1 amide bonds. The van der Waals surface area contributed by atoms with Gasteiger partial charge < -0.3 is 15.0 Å². The van der Waals surface area contributed by atoms with E-state index >= 15 is 0 Å². The minimum Gasteiger partial charge on any atom is -0.489 e. The molecule has 2 fully saturated rings. The Morgan fingerprint density at radius 3 is 3.14 bits per heavy atom. The standard InChI is InChI=1S/C18H22N2O2/c1-12-5-7-22-17-9-14(2-3-16(12)17)18(21)19-15-8-13-4-6-20(10-13)11-15/h2-3,5,9,13,15H,4,6-8,10-11H2,1H3,(H,19,21)/t13-,15+/m0/s1. The highest BCUT2D eigenvalue weighted by atomic mass is 16.5. The van der Waals surface area contributed by atoms with Gasteiger partial charge in [0.2, 0.25) is 0 Å². The molecule has 2 saturated heterocycles. The molecule has 22 heavy (non-hydrogen) atoms. The summed E-state index contributed by atoms with van der Waals surface area (Å²) in [5.74, 6) is 1.60. The molecule has 1 aromatic carbocycles. The van der Waals surface area contributed by atoms with E-state index in [1.807, 2.05) is 18.2 Å². The van der Waals surface area contributed by atoms with Gasteiger partial charge in [-0.15, -0.1) is 0 Å². The van der Waals surface area contributed by atoms with Gasteiger partial charge in [0.15, 0.2) is 0 Å². The third kappa shape index (κ3) is 2.52. The van der Waals surface area contributed by atoms with Crippen LogP contribution in [-0.4, -0.2) is 43.1 Å². The fraction of sp³-hybridized carbons (Fsp3) is 0.500. The average Bonchev–Trinajstić information content (AvgIpc) is 2.86.